The number of carboxylic acid groups (broad SMARTS) is 1. The highest BCUT2D eigenvalue weighted by Gasteiger charge is 2.38. The Morgan fingerprint density at radius 1 is 1.67 bits per heavy atom. The molecule has 0 unspecified atom stereocenters. The van der Waals surface area contributed by atoms with E-state index in [1.54, 1.807) is 20.1 Å². The number of rotatable bonds is 4. The molecule has 0 spiro atoms. The van der Waals surface area contributed by atoms with Crippen LogP contribution in [0.5, 0.6) is 0 Å². The molecule has 4 heteroatoms. The van der Waals surface area contributed by atoms with Crippen LogP contribution in [-0.2, 0) is 14.3 Å². The fourth-order valence-electron chi connectivity index (χ4n) is 2.05. The summed E-state index contributed by atoms with van der Waals surface area (Å²) in [7, 11) is 1.55. The average Bonchev–Trinajstić information content (AvgIpc) is 2.17. The number of carbonyl (C=O) groups is 2. The molecular weight excluding hydrogens is 196 g/mol. The Labute approximate surface area is 88.9 Å². The highest BCUT2D eigenvalue weighted by molar-refractivity contribution is 5.68. The van der Waals surface area contributed by atoms with Gasteiger partial charge in [-0.05, 0) is 12.3 Å². The third-order valence-corrected chi connectivity index (χ3v) is 2.87. The number of hydrogen-bond donors (Lipinski definition) is 1. The number of methoxy groups -OCH3 is 1. The van der Waals surface area contributed by atoms with Crippen LogP contribution in [0.3, 0.4) is 0 Å². The molecule has 4 nitrogen and oxygen atoms in total. The van der Waals surface area contributed by atoms with Gasteiger partial charge in [-0.25, -0.2) is 0 Å². The van der Waals surface area contributed by atoms with Crippen molar-refractivity contribution in [3.63, 3.8) is 0 Å². The summed E-state index contributed by atoms with van der Waals surface area (Å²) in [5.41, 5.74) is -0.608. The molecule has 0 bridgehead atoms. The van der Waals surface area contributed by atoms with E-state index in [9.17, 15) is 9.59 Å². The lowest BCUT2D eigenvalue weighted by molar-refractivity contribution is -0.139. The Kier molecular flexibility index (Phi) is 3.63. The van der Waals surface area contributed by atoms with E-state index >= 15 is 0 Å². The monoisotopic (exact) mass is 212 g/mol. The first-order chi connectivity index (χ1) is 7.01. The van der Waals surface area contributed by atoms with Gasteiger partial charge in [-0.15, -0.1) is 0 Å². The highest BCUT2D eigenvalue weighted by atomic mass is 16.5. The lowest BCUT2D eigenvalue weighted by atomic mass is 9.72. The largest absolute Gasteiger partial charge is 0.481 e. The molecule has 0 fully saturated rings. The highest BCUT2D eigenvalue weighted by Crippen LogP contribution is 2.36. The van der Waals surface area contributed by atoms with E-state index in [0.717, 1.165) is 6.29 Å². The molecule has 1 N–H and O–H groups in total. The molecule has 0 aliphatic heterocycles. The van der Waals surface area contributed by atoms with Crippen molar-refractivity contribution in [2.45, 2.75) is 25.9 Å². The van der Waals surface area contributed by atoms with Gasteiger partial charge in [-0.1, -0.05) is 19.1 Å². The summed E-state index contributed by atoms with van der Waals surface area (Å²) in [6.07, 6.45) is 4.81. The second-order valence-electron chi connectivity index (χ2n) is 4.23. The van der Waals surface area contributed by atoms with Gasteiger partial charge in [0.25, 0.3) is 0 Å². The van der Waals surface area contributed by atoms with E-state index in [2.05, 4.69) is 0 Å². The van der Waals surface area contributed by atoms with Crippen LogP contribution in [-0.4, -0.2) is 30.6 Å². The van der Waals surface area contributed by atoms with Crippen LogP contribution in [0, 0.1) is 11.3 Å². The van der Waals surface area contributed by atoms with Crippen LogP contribution in [0.4, 0.5) is 0 Å². The second-order valence-corrected chi connectivity index (χ2v) is 4.23. The average molecular weight is 212 g/mol. The number of carbonyl (C=O) groups excluding carboxylic acids is 1. The molecule has 0 heterocycles. The summed E-state index contributed by atoms with van der Waals surface area (Å²) < 4.78 is 5.19. The molecule has 15 heavy (non-hydrogen) atoms. The van der Waals surface area contributed by atoms with Crippen molar-refractivity contribution in [2.75, 3.05) is 7.11 Å². The standard InChI is InChI=1S/C11H16O4/c1-11(7-12)6-8(5-10(13)14)3-4-9(11)15-2/h3-4,7-9H,5-6H2,1-2H3,(H,13,14)/t8-,9-,11-/m1/s1. The first kappa shape index (κ1) is 11.9. The number of ether oxygens (including phenoxy) is 1. The van der Waals surface area contributed by atoms with Crippen molar-refractivity contribution in [2.24, 2.45) is 11.3 Å². The van der Waals surface area contributed by atoms with E-state index in [-0.39, 0.29) is 18.4 Å². The van der Waals surface area contributed by atoms with E-state index in [1.807, 2.05) is 6.08 Å². The van der Waals surface area contributed by atoms with Gasteiger partial charge in [-0.2, -0.15) is 0 Å². The maximum atomic E-state index is 11.0. The Morgan fingerprint density at radius 2 is 2.33 bits per heavy atom. The molecule has 0 aromatic rings. The third kappa shape index (κ3) is 2.65. The minimum Gasteiger partial charge on any atom is -0.481 e. The van der Waals surface area contributed by atoms with Gasteiger partial charge in [0.05, 0.1) is 17.9 Å². The van der Waals surface area contributed by atoms with Crippen LogP contribution in [0.25, 0.3) is 0 Å². The van der Waals surface area contributed by atoms with Crippen LogP contribution in [0.1, 0.15) is 19.8 Å². The molecular formula is C11H16O4. The smallest absolute Gasteiger partial charge is 0.303 e. The predicted molar refractivity (Wildman–Crippen MR) is 54.5 cm³/mol. The van der Waals surface area contributed by atoms with Crippen molar-refractivity contribution in [3.05, 3.63) is 12.2 Å². The maximum absolute atomic E-state index is 11.0. The van der Waals surface area contributed by atoms with E-state index in [4.69, 9.17) is 9.84 Å². The van der Waals surface area contributed by atoms with Crippen molar-refractivity contribution in [1.29, 1.82) is 0 Å². The van der Waals surface area contributed by atoms with Crippen LogP contribution in [0.15, 0.2) is 12.2 Å². The zero-order chi connectivity index (χ0) is 11.5. The molecule has 1 aliphatic rings. The minimum atomic E-state index is -0.839. The molecule has 0 amide bonds. The summed E-state index contributed by atoms with van der Waals surface area (Å²) in [6, 6.07) is 0. The van der Waals surface area contributed by atoms with Gasteiger partial charge in [0.1, 0.15) is 6.29 Å². The molecule has 0 aromatic heterocycles. The third-order valence-electron chi connectivity index (χ3n) is 2.87. The Morgan fingerprint density at radius 3 is 2.80 bits per heavy atom. The molecule has 1 aliphatic carbocycles. The van der Waals surface area contributed by atoms with Crippen LogP contribution < -0.4 is 0 Å². The summed E-state index contributed by atoms with van der Waals surface area (Å²) in [6.45, 7) is 1.80. The van der Waals surface area contributed by atoms with Crippen LogP contribution >= 0.6 is 0 Å². The van der Waals surface area contributed by atoms with Crippen molar-refractivity contribution in [3.8, 4) is 0 Å². The van der Waals surface area contributed by atoms with E-state index in [1.165, 1.54) is 0 Å². The SMILES string of the molecule is CO[C@@H]1C=C[C@H](CC(=O)O)C[C@]1(C)C=O. The Hall–Kier alpha value is -1.16. The van der Waals surface area contributed by atoms with Crippen molar-refractivity contribution in [1.82, 2.24) is 0 Å². The molecule has 0 saturated heterocycles. The fraction of sp³-hybridized carbons (Fsp3) is 0.636. The summed E-state index contributed by atoms with van der Waals surface area (Å²) in [4.78, 5) is 21.6. The molecule has 0 saturated carbocycles. The summed E-state index contributed by atoms with van der Waals surface area (Å²) in [5, 5.41) is 8.68. The van der Waals surface area contributed by atoms with Gasteiger partial charge in [-0.3, -0.25) is 4.79 Å². The lowest BCUT2D eigenvalue weighted by Gasteiger charge is -2.35. The first-order valence-electron chi connectivity index (χ1n) is 4.91. The maximum Gasteiger partial charge on any atom is 0.303 e. The second kappa shape index (κ2) is 4.57. The summed E-state index contributed by atoms with van der Waals surface area (Å²) in [5.74, 6) is -0.919. The molecule has 0 aromatic carbocycles. The van der Waals surface area contributed by atoms with Gasteiger partial charge in [0.2, 0.25) is 0 Å². The van der Waals surface area contributed by atoms with Gasteiger partial charge in [0, 0.05) is 7.11 Å². The molecule has 84 valence electrons. The van der Waals surface area contributed by atoms with Crippen LogP contribution in [0.2, 0.25) is 0 Å². The molecule has 0 radical (unpaired) electrons. The van der Waals surface area contributed by atoms with E-state index < -0.39 is 11.4 Å². The van der Waals surface area contributed by atoms with Crippen molar-refractivity contribution >= 4 is 12.3 Å². The lowest BCUT2D eigenvalue weighted by Crippen LogP contribution is -2.38. The number of aliphatic carboxylic acids is 1. The fourth-order valence-corrected chi connectivity index (χ4v) is 2.05. The topological polar surface area (TPSA) is 63.6 Å². The quantitative estimate of drug-likeness (QED) is 0.563. The minimum absolute atomic E-state index is 0.0658. The predicted octanol–water partition coefficient (Wildman–Crippen LogP) is 1.26. The zero-order valence-electron chi connectivity index (χ0n) is 8.97. The van der Waals surface area contributed by atoms with Gasteiger partial charge in [0.15, 0.2) is 0 Å². The number of aldehydes is 1. The Balaban J connectivity index is 2.78. The number of allylic oxidation sites excluding steroid dienone is 1. The number of hydrogen-bond acceptors (Lipinski definition) is 3. The van der Waals surface area contributed by atoms with E-state index in [0.29, 0.717) is 6.42 Å². The first-order valence-corrected chi connectivity index (χ1v) is 4.91. The molecule has 1 rings (SSSR count). The summed E-state index contributed by atoms with van der Waals surface area (Å²) >= 11 is 0. The zero-order valence-corrected chi connectivity index (χ0v) is 8.97. The van der Waals surface area contributed by atoms with Gasteiger partial charge >= 0.3 is 5.97 Å². The number of carboxylic acids is 1. The Bertz CT molecular complexity index is 284. The normalized spacial score (nSPS) is 35.1. The molecule has 3 atom stereocenters. The van der Waals surface area contributed by atoms with Gasteiger partial charge < -0.3 is 14.6 Å². The van der Waals surface area contributed by atoms with Crippen molar-refractivity contribution < 1.29 is 19.4 Å².